The Morgan fingerprint density at radius 2 is 1.88 bits per heavy atom. The fourth-order valence-corrected chi connectivity index (χ4v) is 2.17. The van der Waals surface area contributed by atoms with Crippen molar-refractivity contribution in [1.29, 1.82) is 0 Å². The first-order chi connectivity index (χ1) is 11.5. The third-order valence-corrected chi connectivity index (χ3v) is 3.70. The topological polar surface area (TPSA) is 47.9 Å². The Hall–Kier alpha value is -2.04. The van der Waals surface area contributed by atoms with Gasteiger partial charge in [-0.2, -0.15) is 0 Å². The summed E-state index contributed by atoms with van der Waals surface area (Å²) >= 11 is 12.0. The average molecular weight is 366 g/mol. The van der Waals surface area contributed by atoms with Crippen LogP contribution in [-0.4, -0.2) is 24.9 Å². The summed E-state index contributed by atoms with van der Waals surface area (Å²) in [5, 5.41) is 0.877. The molecule has 0 amide bonds. The number of rotatable bonds is 6. The molecule has 0 aliphatic heterocycles. The maximum atomic E-state index is 11.4. The standard InChI is InChI=1S/C18H17Cl2NO3/c1-12(2)24-17(22)11-23-14-8-6-13(7-9-14)10-21-16-5-3-4-15(19)18(16)20/h3-10,12H,11H2,1-2H3. The van der Waals surface area contributed by atoms with Gasteiger partial charge in [-0.3, -0.25) is 4.99 Å². The van der Waals surface area contributed by atoms with Crippen LogP contribution in [0, 0.1) is 0 Å². The normalized spacial score (nSPS) is 11.0. The zero-order valence-electron chi connectivity index (χ0n) is 13.3. The molecule has 2 aromatic rings. The molecule has 4 nitrogen and oxygen atoms in total. The van der Waals surface area contributed by atoms with Crippen molar-refractivity contribution < 1.29 is 14.3 Å². The summed E-state index contributed by atoms with van der Waals surface area (Å²) in [5.41, 5.74) is 1.46. The Labute approximate surface area is 151 Å². The molecule has 0 aliphatic carbocycles. The number of aliphatic imine (C=N–C) groups is 1. The number of hydrogen-bond acceptors (Lipinski definition) is 4. The molecule has 6 heteroatoms. The third kappa shape index (κ3) is 5.55. The van der Waals surface area contributed by atoms with Crippen molar-refractivity contribution >= 4 is 41.1 Å². The molecule has 0 unspecified atom stereocenters. The Bertz CT molecular complexity index is 728. The maximum Gasteiger partial charge on any atom is 0.344 e. The summed E-state index contributed by atoms with van der Waals surface area (Å²) in [4.78, 5) is 15.7. The number of carbonyl (C=O) groups is 1. The molecule has 24 heavy (non-hydrogen) atoms. The van der Waals surface area contributed by atoms with Crippen LogP contribution in [-0.2, 0) is 9.53 Å². The van der Waals surface area contributed by atoms with E-state index < -0.39 is 5.97 Å². The van der Waals surface area contributed by atoms with E-state index in [1.165, 1.54) is 0 Å². The van der Waals surface area contributed by atoms with Gasteiger partial charge in [0, 0.05) is 6.21 Å². The zero-order valence-corrected chi connectivity index (χ0v) is 14.8. The predicted molar refractivity (Wildman–Crippen MR) is 96.9 cm³/mol. The molecule has 0 fully saturated rings. The molecule has 0 N–H and O–H groups in total. The van der Waals surface area contributed by atoms with Crippen molar-refractivity contribution in [3.8, 4) is 5.75 Å². The van der Waals surface area contributed by atoms with Crippen molar-refractivity contribution in [2.45, 2.75) is 20.0 Å². The first kappa shape index (κ1) is 18.3. The van der Waals surface area contributed by atoms with Crippen molar-refractivity contribution in [1.82, 2.24) is 0 Å². The fraction of sp³-hybridized carbons (Fsp3) is 0.222. The van der Waals surface area contributed by atoms with Gasteiger partial charge in [0.25, 0.3) is 0 Å². The molecule has 0 aliphatic rings. The number of benzene rings is 2. The molecule has 2 aromatic carbocycles. The van der Waals surface area contributed by atoms with Gasteiger partial charge in [-0.05, 0) is 55.8 Å². The fourth-order valence-electron chi connectivity index (χ4n) is 1.83. The molecule has 0 atom stereocenters. The van der Waals surface area contributed by atoms with Gasteiger partial charge in [0.05, 0.1) is 21.8 Å². The number of hydrogen-bond donors (Lipinski definition) is 0. The molecule has 126 valence electrons. The largest absolute Gasteiger partial charge is 0.482 e. The Morgan fingerprint density at radius 1 is 1.17 bits per heavy atom. The second-order valence-corrected chi connectivity index (χ2v) is 6.01. The van der Waals surface area contributed by atoms with Crippen LogP contribution < -0.4 is 4.74 Å². The highest BCUT2D eigenvalue weighted by atomic mass is 35.5. The Morgan fingerprint density at radius 3 is 2.54 bits per heavy atom. The first-order valence-electron chi connectivity index (χ1n) is 7.36. The van der Waals surface area contributed by atoms with E-state index in [0.29, 0.717) is 21.5 Å². The number of ether oxygens (including phenoxy) is 2. The molecular formula is C18H17Cl2NO3. The predicted octanol–water partition coefficient (Wildman–Crippen LogP) is 5.07. The summed E-state index contributed by atoms with van der Waals surface area (Å²) < 4.78 is 10.4. The van der Waals surface area contributed by atoms with Crippen LogP contribution in [0.1, 0.15) is 19.4 Å². The minimum atomic E-state index is -0.397. The van der Waals surface area contributed by atoms with Crippen LogP contribution in [0.2, 0.25) is 10.0 Å². The summed E-state index contributed by atoms with van der Waals surface area (Å²) in [7, 11) is 0. The van der Waals surface area contributed by atoms with Gasteiger partial charge in [0.15, 0.2) is 6.61 Å². The van der Waals surface area contributed by atoms with E-state index in [4.69, 9.17) is 32.7 Å². The van der Waals surface area contributed by atoms with Gasteiger partial charge in [-0.25, -0.2) is 4.79 Å². The number of halogens is 2. The summed E-state index contributed by atoms with van der Waals surface area (Å²) in [6, 6.07) is 12.4. The van der Waals surface area contributed by atoms with Crippen LogP contribution in [0.25, 0.3) is 0 Å². The van der Waals surface area contributed by atoms with Crippen LogP contribution in [0.15, 0.2) is 47.5 Å². The molecule has 0 radical (unpaired) electrons. The highest BCUT2D eigenvalue weighted by Gasteiger charge is 2.06. The molecule has 0 saturated heterocycles. The van der Waals surface area contributed by atoms with Gasteiger partial charge >= 0.3 is 5.97 Å². The summed E-state index contributed by atoms with van der Waals surface area (Å²) in [5.74, 6) is 0.180. The first-order valence-corrected chi connectivity index (χ1v) is 8.11. The zero-order chi connectivity index (χ0) is 17.5. The lowest BCUT2D eigenvalue weighted by Crippen LogP contribution is -2.18. The maximum absolute atomic E-state index is 11.4. The lowest BCUT2D eigenvalue weighted by molar-refractivity contribution is -0.149. The lowest BCUT2D eigenvalue weighted by Gasteiger charge is -2.09. The quantitative estimate of drug-likeness (QED) is 0.529. The van der Waals surface area contributed by atoms with E-state index in [0.717, 1.165) is 5.56 Å². The second kappa shape index (κ2) is 8.71. The smallest absolute Gasteiger partial charge is 0.344 e. The second-order valence-electron chi connectivity index (χ2n) is 5.23. The molecule has 0 aromatic heterocycles. The molecular weight excluding hydrogens is 349 g/mol. The highest BCUT2D eigenvalue weighted by molar-refractivity contribution is 6.43. The minimum absolute atomic E-state index is 0.121. The molecule has 0 heterocycles. The molecule has 0 saturated carbocycles. The monoisotopic (exact) mass is 365 g/mol. The van der Waals surface area contributed by atoms with Crippen molar-refractivity contribution in [3.63, 3.8) is 0 Å². The van der Waals surface area contributed by atoms with E-state index >= 15 is 0 Å². The van der Waals surface area contributed by atoms with E-state index in [1.54, 1.807) is 50.4 Å². The van der Waals surface area contributed by atoms with Crippen LogP contribution in [0.3, 0.4) is 0 Å². The van der Waals surface area contributed by atoms with E-state index in [2.05, 4.69) is 4.99 Å². The number of carbonyl (C=O) groups excluding carboxylic acids is 1. The average Bonchev–Trinajstić information content (AvgIpc) is 2.55. The van der Waals surface area contributed by atoms with Gasteiger partial charge in [0.2, 0.25) is 0 Å². The summed E-state index contributed by atoms with van der Waals surface area (Å²) in [6.07, 6.45) is 1.52. The van der Waals surface area contributed by atoms with E-state index in [1.807, 2.05) is 12.1 Å². The Balaban J connectivity index is 1.95. The number of esters is 1. The van der Waals surface area contributed by atoms with Crippen molar-refractivity contribution in [3.05, 3.63) is 58.1 Å². The molecule has 2 rings (SSSR count). The highest BCUT2D eigenvalue weighted by Crippen LogP contribution is 2.31. The van der Waals surface area contributed by atoms with Gasteiger partial charge in [-0.1, -0.05) is 29.3 Å². The van der Waals surface area contributed by atoms with E-state index in [9.17, 15) is 4.79 Å². The van der Waals surface area contributed by atoms with Gasteiger partial charge < -0.3 is 9.47 Å². The van der Waals surface area contributed by atoms with Gasteiger partial charge in [0.1, 0.15) is 5.75 Å². The SMILES string of the molecule is CC(C)OC(=O)COc1ccc(C=Nc2cccc(Cl)c2Cl)cc1. The summed E-state index contributed by atoms with van der Waals surface area (Å²) in [6.45, 7) is 3.46. The van der Waals surface area contributed by atoms with Gasteiger partial charge in [-0.15, -0.1) is 0 Å². The van der Waals surface area contributed by atoms with E-state index in [-0.39, 0.29) is 12.7 Å². The number of nitrogens with zero attached hydrogens (tertiary/aromatic N) is 1. The third-order valence-electron chi connectivity index (χ3n) is 2.89. The molecule has 0 bridgehead atoms. The van der Waals surface area contributed by atoms with Crippen LogP contribution in [0.5, 0.6) is 5.75 Å². The Kier molecular flexibility index (Phi) is 6.64. The molecule has 0 spiro atoms. The van der Waals surface area contributed by atoms with Crippen molar-refractivity contribution in [2.75, 3.05) is 6.61 Å². The van der Waals surface area contributed by atoms with Crippen LogP contribution in [0.4, 0.5) is 5.69 Å². The van der Waals surface area contributed by atoms with Crippen molar-refractivity contribution in [2.24, 2.45) is 4.99 Å². The lowest BCUT2D eigenvalue weighted by atomic mass is 10.2. The van der Waals surface area contributed by atoms with Crippen LogP contribution >= 0.6 is 23.2 Å². The minimum Gasteiger partial charge on any atom is -0.482 e.